The molecule has 1 amide bonds. The molecule has 9 nitrogen and oxygen atoms in total. The summed E-state index contributed by atoms with van der Waals surface area (Å²) in [6.45, 7) is 0. The van der Waals surface area contributed by atoms with Gasteiger partial charge in [0.1, 0.15) is 5.75 Å². The molecule has 4 aromatic rings. The Morgan fingerprint density at radius 3 is 2.53 bits per heavy atom. The Kier molecular flexibility index (Phi) is 6.88. The summed E-state index contributed by atoms with van der Waals surface area (Å²) < 4.78 is 39.0. The zero-order valence-corrected chi connectivity index (χ0v) is 19.1. The summed E-state index contributed by atoms with van der Waals surface area (Å²) in [5, 5.41) is 10.7. The maximum absolute atomic E-state index is 12.8. The van der Waals surface area contributed by atoms with Gasteiger partial charge in [-0.2, -0.15) is 0 Å². The molecule has 2 N–H and O–H groups in total. The number of carbonyl (C=O) groups excluding carboxylic acids is 1. The smallest absolute Gasteiger partial charge is 0.262 e. The number of para-hydroxylation sites is 2. The summed E-state index contributed by atoms with van der Waals surface area (Å²) in [6, 6.07) is 22.0. The maximum Gasteiger partial charge on any atom is 0.262 e. The fourth-order valence-corrected chi connectivity index (χ4v) is 4.29. The highest BCUT2D eigenvalue weighted by Crippen LogP contribution is 2.27. The highest BCUT2D eigenvalue weighted by atomic mass is 32.2. The first-order valence-electron chi connectivity index (χ1n) is 10.4. The number of nitrogens with one attached hydrogen (secondary N) is 2. The molecule has 0 bridgehead atoms. The molecule has 1 aromatic heterocycles. The summed E-state index contributed by atoms with van der Waals surface area (Å²) in [7, 11) is -2.44. The minimum atomic E-state index is -3.90. The van der Waals surface area contributed by atoms with Crippen LogP contribution in [0.15, 0.2) is 88.2 Å². The normalized spacial score (nSPS) is 11.1. The second kappa shape index (κ2) is 10.2. The van der Waals surface area contributed by atoms with E-state index in [1.54, 1.807) is 36.4 Å². The summed E-state index contributed by atoms with van der Waals surface area (Å²) in [6.07, 6.45) is 0.339. The molecule has 174 valence electrons. The van der Waals surface area contributed by atoms with E-state index in [0.29, 0.717) is 28.9 Å². The molecule has 0 radical (unpaired) electrons. The van der Waals surface area contributed by atoms with Crippen molar-refractivity contribution in [2.24, 2.45) is 0 Å². The number of ether oxygens (including phenoxy) is 1. The van der Waals surface area contributed by atoms with E-state index in [0.717, 1.165) is 5.56 Å². The van der Waals surface area contributed by atoms with Gasteiger partial charge in [-0.3, -0.25) is 9.52 Å². The molecule has 0 atom stereocenters. The largest absolute Gasteiger partial charge is 0.495 e. The molecule has 4 rings (SSSR count). The number of hydrogen-bond acceptors (Lipinski definition) is 7. The van der Waals surface area contributed by atoms with Crippen LogP contribution in [0.4, 0.5) is 11.4 Å². The SMILES string of the molecule is COc1ccccc1NS(=O)(=O)c1cccc(NC(=O)CCc2nnc(-c3ccccc3)o2)c1. The number of rotatable bonds is 9. The van der Waals surface area contributed by atoms with Gasteiger partial charge in [0, 0.05) is 24.1 Å². The van der Waals surface area contributed by atoms with Crippen molar-refractivity contribution in [2.45, 2.75) is 17.7 Å². The van der Waals surface area contributed by atoms with Crippen LogP contribution in [-0.4, -0.2) is 31.6 Å². The summed E-state index contributed by atoms with van der Waals surface area (Å²) in [5.41, 5.74) is 1.46. The van der Waals surface area contributed by atoms with E-state index >= 15 is 0 Å². The monoisotopic (exact) mass is 478 g/mol. The number of hydrogen-bond donors (Lipinski definition) is 2. The Morgan fingerprint density at radius 1 is 0.971 bits per heavy atom. The van der Waals surface area contributed by atoms with Gasteiger partial charge in [0.05, 0.1) is 17.7 Å². The molecule has 0 unspecified atom stereocenters. The van der Waals surface area contributed by atoms with Crippen LogP contribution in [0.3, 0.4) is 0 Å². The van der Waals surface area contributed by atoms with Crippen molar-refractivity contribution < 1.29 is 22.4 Å². The topological polar surface area (TPSA) is 123 Å². The Morgan fingerprint density at radius 2 is 1.74 bits per heavy atom. The standard InChI is InChI=1S/C24H22N4O5S/c1-32-21-13-6-5-12-20(21)28-34(30,31)19-11-7-10-18(16-19)25-22(29)14-15-23-26-27-24(33-23)17-8-3-2-4-9-17/h2-13,16,28H,14-15H2,1H3,(H,25,29). The van der Waals surface area contributed by atoms with E-state index in [2.05, 4.69) is 20.2 Å². The average Bonchev–Trinajstić information content (AvgIpc) is 3.33. The van der Waals surface area contributed by atoms with Crippen LogP contribution in [0, 0.1) is 0 Å². The van der Waals surface area contributed by atoms with Gasteiger partial charge in [0.25, 0.3) is 10.0 Å². The van der Waals surface area contributed by atoms with E-state index < -0.39 is 10.0 Å². The molecular weight excluding hydrogens is 456 g/mol. The number of methoxy groups -OCH3 is 1. The molecule has 0 saturated carbocycles. The van der Waals surface area contributed by atoms with Crippen LogP contribution in [0.1, 0.15) is 12.3 Å². The van der Waals surface area contributed by atoms with Gasteiger partial charge in [0.15, 0.2) is 0 Å². The Balaban J connectivity index is 1.38. The van der Waals surface area contributed by atoms with Crippen molar-refractivity contribution in [3.63, 3.8) is 0 Å². The number of sulfonamides is 1. The van der Waals surface area contributed by atoms with Crippen LogP contribution in [0.5, 0.6) is 5.75 Å². The van der Waals surface area contributed by atoms with E-state index in [4.69, 9.17) is 9.15 Å². The lowest BCUT2D eigenvalue weighted by molar-refractivity contribution is -0.116. The highest BCUT2D eigenvalue weighted by molar-refractivity contribution is 7.92. The predicted octanol–water partition coefficient (Wildman–Crippen LogP) is 4.12. The average molecular weight is 479 g/mol. The van der Waals surface area contributed by atoms with E-state index in [1.165, 1.54) is 19.2 Å². The zero-order valence-electron chi connectivity index (χ0n) is 18.3. The molecule has 0 aliphatic heterocycles. The summed E-state index contributed by atoms with van der Waals surface area (Å²) in [5.74, 6) is 0.807. The second-order valence-corrected chi connectivity index (χ2v) is 8.93. The van der Waals surface area contributed by atoms with Gasteiger partial charge in [-0.15, -0.1) is 10.2 Å². The van der Waals surface area contributed by atoms with Crippen molar-refractivity contribution >= 4 is 27.3 Å². The Bertz CT molecular complexity index is 1390. The first kappa shape index (κ1) is 23.0. The highest BCUT2D eigenvalue weighted by Gasteiger charge is 2.17. The molecule has 3 aromatic carbocycles. The van der Waals surface area contributed by atoms with Crippen molar-refractivity contribution in [1.82, 2.24) is 10.2 Å². The maximum atomic E-state index is 12.8. The van der Waals surface area contributed by atoms with Crippen LogP contribution < -0.4 is 14.8 Å². The molecule has 10 heteroatoms. The number of anilines is 2. The van der Waals surface area contributed by atoms with Crippen molar-refractivity contribution in [3.05, 3.63) is 84.8 Å². The van der Waals surface area contributed by atoms with Gasteiger partial charge in [-0.1, -0.05) is 36.4 Å². The van der Waals surface area contributed by atoms with Crippen LogP contribution in [0.25, 0.3) is 11.5 Å². The van der Waals surface area contributed by atoms with Crippen molar-refractivity contribution in [1.29, 1.82) is 0 Å². The molecule has 0 aliphatic rings. The fourth-order valence-electron chi connectivity index (χ4n) is 3.17. The zero-order chi connectivity index (χ0) is 24.0. The number of nitrogens with zero attached hydrogens (tertiary/aromatic N) is 2. The second-order valence-electron chi connectivity index (χ2n) is 7.25. The van der Waals surface area contributed by atoms with E-state index in [-0.39, 0.29) is 23.6 Å². The third-order valence-corrected chi connectivity index (χ3v) is 6.20. The third-order valence-electron chi connectivity index (χ3n) is 4.83. The minimum absolute atomic E-state index is 0.000565. The molecule has 34 heavy (non-hydrogen) atoms. The molecule has 0 aliphatic carbocycles. The lowest BCUT2D eigenvalue weighted by atomic mass is 10.2. The Labute approximate surface area is 196 Å². The van der Waals surface area contributed by atoms with Crippen LogP contribution in [-0.2, 0) is 21.2 Å². The first-order chi connectivity index (χ1) is 16.4. The predicted molar refractivity (Wildman–Crippen MR) is 127 cm³/mol. The summed E-state index contributed by atoms with van der Waals surface area (Å²) >= 11 is 0. The van der Waals surface area contributed by atoms with Crippen molar-refractivity contribution in [3.8, 4) is 17.2 Å². The van der Waals surface area contributed by atoms with E-state index in [9.17, 15) is 13.2 Å². The summed E-state index contributed by atoms with van der Waals surface area (Å²) in [4.78, 5) is 12.4. The van der Waals surface area contributed by atoms with Crippen LogP contribution in [0.2, 0.25) is 0 Å². The molecule has 0 saturated heterocycles. The molecular formula is C24H22N4O5S. The fraction of sp³-hybridized carbons (Fsp3) is 0.125. The lowest BCUT2D eigenvalue weighted by Gasteiger charge is -2.12. The first-order valence-corrected chi connectivity index (χ1v) is 11.9. The Hall–Kier alpha value is -4.18. The lowest BCUT2D eigenvalue weighted by Crippen LogP contribution is -2.15. The van der Waals surface area contributed by atoms with Crippen LogP contribution >= 0.6 is 0 Å². The number of amides is 1. The quantitative estimate of drug-likeness (QED) is 0.371. The van der Waals surface area contributed by atoms with Gasteiger partial charge in [0.2, 0.25) is 17.7 Å². The number of carbonyl (C=O) groups is 1. The van der Waals surface area contributed by atoms with Gasteiger partial charge in [-0.05, 0) is 42.5 Å². The van der Waals surface area contributed by atoms with E-state index in [1.807, 2.05) is 30.3 Å². The number of aromatic nitrogens is 2. The van der Waals surface area contributed by atoms with Crippen molar-refractivity contribution in [2.75, 3.05) is 17.1 Å². The van der Waals surface area contributed by atoms with Gasteiger partial charge < -0.3 is 14.5 Å². The number of benzene rings is 3. The minimum Gasteiger partial charge on any atom is -0.495 e. The third kappa shape index (κ3) is 5.59. The van der Waals surface area contributed by atoms with Gasteiger partial charge in [-0.25, -0.2) is 8.42 Å². The molecule has 0 spiro atoms. The molecule has 0 fully saturated rings. The molecule has 1 heterocycles. The van der Waals surface area contributed by atoms with Gasteiger partial charge >= 0.3 is 0 Å². The number of aryl methyl sites for hydroxylation is 1.